The number of hydrogen-bond acceptors (Lipinski definition) is 2. The molecule has 24 heavy (non-hydrogen) atoms. The molecule has 0 spiro atoms. The lowest BCUT2D eigenvalue weighted by Crippen LogP contribution is -2.44. The van der Waals surface area contributed by atoms with Gasteiger partial charge < -0.3 is 10.2 Å². The van der Waals surface area contributed by atoms with E-state index in [2.05, 4.69) is 5.32 Å². The summed E-state index contributed by atoms with van der Waals surface area (Å²) in [5, 5.41) is 2.86. The first-order valence-corrected chi connectivity index (χ1v) is 8.02. The predicted octanol–water partition coefficient (Wildman–Crippen LogP) is 3.51. The van der Waals surface area contributed by atoms with Crippen molar-refractivity contribution in [1.29, 1.82) is 0 Å². The average molecular weight is 342 g/mol. The zero-order chi connectivity index (χ0) is 17.7. The molecule has 2 rings (SSSR count). The molecule has 1 saturated carbocycles. The van der Waals surface area contributed by atoms with E-state index in [1.165, 1.54) is 19.1 Å². The molecular weight excluding hydrogens is 321 g/mol. The third kappa shape index (κ3) is 4.97. The number of amides is 2. The quantitative estimate of drug-likeness (QED) is 0.910. The number of carbonyl (C=O) groups excluding carboxylic acids is 2. The van der Waals surface area contributed by atoms with Crippen molar-refractivity contribution in [2.75, 3.05) is 11.4 Å². The number of anilines is 1. The summed E-state index contributed by atoms with van der Waals surface area (Å²) in [6.07, 6.45) is 0.549. The van der Waals surface area contributed by atoms with E-state index in [1.54, 1.807) is 0 Å². The van der Waals surface area contributed by atoms with Crippen molar-refractivity contribution in [3.05, 3.63) is 29.8 Å². The van der Waals surface area contributed by atoms with Crippen LogP contribution in [0.2, 0.25) is 0 Å². The maximum Gasteiger partial charge on any atom is 0.416 e. The molecule has 1 aromatic carbocycles. The second-order valence-electron chi connectivity index (χ2n) is 6.06. The fourth-order valence-electron chi connectivity index (χ4n) is 2.90. The van der Waals surface area contributed by atoms with Gasteiger partial charge in [0.15, 0.2) is 0 Å². The van der Waals surface area contributed by atoms with E-state index < -0.39 is 17.6 Å². The van der Waals surface area contributed by atoms with Gasteiger partial charge in [-0.05, 0) is 31.0 Å². The third-order valence-corrected chi connectivity index (χ3v) is 4.14. The number of nitrogens with zero attached hydrogens (tertiary/aromatic N) is 1. The molecule has 1 fully saturated rings. The summed E-state index contributed by atoms with van der Waals surface area (Å²) >= 11 is 0. The fourth-order valence-corrected chi connectivity index (χ4v) is 2.90. The Morgan fingerprint density at radius 2 is 1.88 bits per heavy atom. The lowest BCUT2D eigenvalue weighted by atomic mass is 9.95. The van der Waals surface area contributed by atoms with Crippen LogP contribution in [0.5, 0.6) is 0 Å². The molecule has 0 unspecified atom stereocenters. The number of halogens is 3. The van der Waals surface area contributed by atoms with E-state index in [0.29, 0.717) is 0 Å². The van der Waals surface area contributed by atoms with E-state index in [0.717, 1.165) is 49.1 Å². The maximum absolute atomic E-state index is 12.8. The van der Waals surface area contributed by atoms with Crippen LogP contribution in [-0.4, -0.2) is 24.4 Å². The SMILES string of the molecule is CC(=O)N(CC(=O)NC1CCCCC1)c1cccc(C(F)(F)F)c1. The molecule has 0 bridgehead atoms. The van der Waals surface area contributed by atoms with Crippen LogP contribution in [-0.2, 0) is 15.8 Å². The molecule has 1 aliphatic carbocycles. The van der Waals surface area contributed by atoms with Gasteiger partial charge in [-0.25, -0.2) is 0 Å². The van der Waals surface area contributed by atoms with Gasteiger partial charge in [-0.3, -0.25) is 9.59 Å². The number of rotatable bonds is 4. The number of benzene rings is 1. The van der Waals surface area contributed by atoms with Crippen LogP contribution in [0.3, 0.4) is 0 Å². The minimum absolute atomic E-state index is 0.0659. The zero-order valence-corrected chi connectivity index (χ0v) is 13.5. The standard InChI is InChI=1S/C17H21F3N2O2/c1-12(23)22(11-16(24)21-14-7-3-2-4-8-14)15-9-5-6-13(10-15)17(18,19)20/h5-6,9-10,14H,2-4,7-8,11H2,1H3,(H,21,24). The van der Waals surface area contributed by atoms with Gasteiger partial charge in [0, 0.05) is 18.7 Å². The fraction of sp³-hybridized carbons (Fsp3) is 0.529. The Kier molecular flexibility index (Phi) is 5.85. The molecule has 7 heteroatoms. The topological polar surface area (TPSA) is 49.4 Å². The highest BCUT2D eigenvalue weighted by Gasteiger charge is 2.31. The molecule has 0 radical (unpaired) electrons. The van der Waals surface area contributed by atoms with E-state index in [9.17, 15) is 22.8 Å². The van der Waals surface area contributed by atoms with Crippen molar-refractivity contribution >= 4 is 17.5 Å². The van der Waals surface area contributed by atoms with Crippen molar-refractivity contribution in [3.63, 3.8) is 0 Å². The smallest absolute Gasteiger partial charge is 0.352 e. The summed E-state index contributed by atoms with van der Waals surface area (Å²) in [5.74, 6) is -0.831. The molecule has 0 atom stereocenters. The van der Waals surface area contributed by atoms with Gasteiger partial charge in [0.1, 0.15) is 6.54 Å². The normalized spacial score (nSPS) is 15.8. The molecule has 1 aliphatic rings. The van der Waals surface area contributed by atoms with Crippen LogP contribution >= 0.6 is 0 Å². The van der Waals surface area contributed by atoms with Crippen molar-refractivity contribution in [2.45, 2.75) is 51.2 Å². The van der Waals surface area contributed by atoms with Gasteiger partial charge in [-0.15, -0.1) is 0 Å². The summed E-state index contributed by atoms with van der Waals surface area (Å²) in [6, 6.07) is 4.53. The van der Waals surface area contributed by atoms with Gasteiger partial charge in [0.2, 0.25) is 11.8 Å². The highest BCUT2D eigenvalue weighted by molar-refractivity contribution is 5.97. The number of carbonyl (C=O) groups is 2. The van der Waals surface area contributed by atoms with Crippen molar-refractivity contribution < 1.29 is 22.8 Å². The molecule has 132 valence electrons. The van der Waals surface area contributed by atoms with Gasteiger partial charge in [0.25, 0.3) is 0 Å². The molecule has 0 aromatic heterocycles. The zero-order valence-electron chi connectivity index (χ0n) is 13.5. The summed E-state index contributed by atoms with van der Waals surface area (Å²) in [4.78, 5) is 25.0. The Labute approximate surface area is 139 Å². The Morgan fingerprint density at radius 3 is 2.46 bits per heavy atom. The molecule has 0 aliphatic heterocycles. The highest BCUT2D eigenvalue weighted by atomic mass is 19.4. The van der Waals surface area contributed by atoms with Crippen molar-refractivity contribution in [3.8, 4) is 0 Å². The van der Waals surface area contributed by atoms with Crippen LogP contribution in [0.25, 0.3) is 0 Å². The van der Waals surface area contributed by atoms with E-state index in [4.69, 9.17) is 0 Å². The van der Waals surface area contributed by atoms with E-state index in [1.807, 2.05) is 0 Å². The number of alkyl halides is 3. The largest absolute Gasteiger partial charge is 0.416 e. The molecule has 0 heterocycles. The Balaban J connectivity index is 2.09. The second-order valence-corrected chi connectivity index (χ2v) is 6.06. The van der Waals surface area contributed by atoms with Gasteiger partial charge in [0.05, 0.1) is 5.56 Å². The number of hydrogen-bond donors (Lipinski definition) is 1. The minimum Gasteiger partial charge on any atom is -0.352 e. The van der Waals surface area contributed by atoms with Crippen LogP contribution in [0.4, 0.5) is 18.9 Å². The second kappa shape index (κ2) is 7.68. The first-order valence-electron chi connectivity index (χ1n) is 8.02. The van der Waals surface area contributed by atoms with Gasteiger partial charge in [-0.2, -0.15) is 13.2 Å². The Bertz CT molecular complexity index is 596. The summed E-state index contributed by atoms with van der Waals surface area (Å²) in [6.45, 7) is 0.946. The molecular formula is C17H21F3N2O2. The van der Waals surface area contributed by atoms with Crippen LogP contribution in [0.1, 0.15) is 44.6 Å². The predicted molar refractivity (Wildman–Crippen MR) is 84.5 cm³/mol. The van der Waals surface area contributed by atoms with E-state index in [-0.39, 0.29) is 24.2 Å². The molecule has 2 amide bonds. The molecule has 4 nitrogen and oxygen atoms in total. The van der Waals surface area contributed by atoms with E-state index >= 15 is 0 Å². The summed E-state index contributed by atoms with van der Waals surface area (Å²) in [5.41, 5.74) is -0.782. The summed E-state index contributed by atoms with van der Waals surface area (Å²) < 4.78 is 38.5. The average Bonchev–Trinajstić information content (AvgIpc) is 2.52. The monoisotopic (exact) mass is 342 g/mol. The van der Waals surface area contributed by atoms with Gasteiger partial charge in [-0.1, -0.05) is 25.3 Å². The minimum atomic E-state index is -4.50. The lowest BCUT2D eigenvalue weighted by Gasteiger charge is -2.26. The Morgan fingerprint density at radius 1 is 1.21 bits per heavy atom. The molecule has 1 aromatic rings. The Hall–Kier alpha value is -2.05. The molecule has 1 N–H and O–H groups in total. The summed E-state index contributed by atoms with van der Waals surface area (Å²) in [7, 11) is 0. The number of nitrogens with one attached hydrogen (secondary N) is 1. The first-order chi connectivity index (χ1) is 11.3. The highest BCUT2D eigenvalue weighted by Crippen LogP contribution is 2.31. The first kappa shape index (κ1) is 18.3. The van der Waals surface area contributed by atoms with Gasteiger partial charge >= 0.3 is 6.18 Å². The van der Waals surface area contributed by atoms with Crippen LogP contribution < -0.4 is 10.2 Å². The van der Waals surface area contributed by atoms with Crippen molar-refractivity contribution in [1.82, 2.24) is 5.32 Å². The van der Waals surface area contributed by atoms with Crippen LogP contribution in [0.15, 0.2) is 24.3 Å². The van der Waals surface area contributed by atoms with Crippen LogP contribution in [0, 0.1) is 0 Å². The molecule has 0 saturated heterocycles. The lowest BCUT2D eigenvalue weighted by molar-refractivity contribution is -0.137. The maximum atomic E-state index is 12.8. The van der Waals surface area contributed by atoms with Crippen molar-refractivity contribution in [2.24, 2.45) is 0 Å². The third-order valence-electron chi connectivity index (χ3n) is 4.14.